The Morgan fingerprint density at radius 2 is 1.81 bits per heavy atom. The van der Waals surface area contributed by atoms with Crippen LogP contribution in [0.25, 0.3) is 0 Å². The van der Waals surface area contributed by atoms with Crippen LogP contribution in [0.5, 0.6) is 0 Å². The molecule has 90 valence electrons. The zero-order valence-electron chi connectivity index (χ0n) is 9.47. The summed E-state index contributed by atoms with van der Waals surface area (Å²) in [5.41, 5.74) is 5.66. The highest BCUT2D eigenvalue weighted by atomic mass is 19.4. The predicted octanol–water partition coefficient (Wildman–Crippen LogP) is 3.13. The Hall–Kier alpha value is -1.39. The minimum Gasteiger partial charge on any atom is -0.397 e. The largest absolute Gasteiger partial charge is 0.416 e. The summed E-state index contributed by atoms with van der Waals surface area (Å²) in [4.78, 5) is 1.83. The molecule has 1 aromatic carbocycles. The van der Waals surface area contributed by atoms with Crippen LogP contribution in [0.15, 0.2) is 18.2 Å². The van der Waals surface area contributed by atoms with Crippen molar-refractivity contribution in [1.82, 2.24) is 0 Å². The Balaban J connectivity index is 3.10. The third-order valence-corrected chi connectivity index (χ3v) is 2.51. The molecule has 0 bridgehead atoms. The molecule has 5 heteroatoms. The first kappa shape index (κ1) is 12.7. The van der Waals surface area contributed by atoms with Gasteiger partial charge in [-0.05, 0) is 32.0 Å². The van der Waals surface area contributed by atoms with Crippen LogP contribution in [-0.4, -0.2) is 13.1 Å². The lowest BCUT2D eigenvalue weighted by Gasteiger charge is -2.25. The van der Waals surface area contributed by atoms with E-state index in [1.807, 2.05) is 18.7 Å². The number of nitrogen functional groups attached to an aromatic ring is 1. The standard InChI is InChI=1S/C11H15F3N2/c1-7(2)16(3)10-5-4-8(6-9(10)15)11(12,13)14/h4-7H,15H2,1-3H3. The van der Waals surface area contributed by atoms with Crippen molar-refractivity contribution in [3.05, 3.63) is 23.8 Å². The Labute approximate surface area is 92.9 Å². The molecule has 0 amide bonds. The number of benzene rings is 1. The zero-order valence-corrected chi connectivity index (χ0v) is 9.47. The molecule has 1 rings (SSSR count). The fourth-order valence-corrected chi connectivity index (χ4v) is 1.33. The first-order chi connectivity index (χ1) is 7.23. The topological polar surface area (TPSA) is 29.3 Å². The van der Waals surface area contributed by atoms with Gasteiger partial charge in [0.25, 0.3) is 0 Å². The Bertz CT molecular complexity index is 372. The average Bonchev–Trinajstić information content (AvgIpc) is 2.15. The summed E-state index contributed by atoms with van der Waals surface area (Å²) < 4.78 is 37.2. The molecule has 2 N–H and O–H groups in total. The highest BCUT2D eigenvalue weighted by Crippen LogP contribution is 2.34. The molecule has 0 aromatic heterocycles. The van der Waals surface area contributed by atoms with Crippen molar-refractivity contribution in [2.24, 2.45) is 0 Å². The third-order valence-electron chi connectivity index (χ3n) is 2.51. The van der Waals surface area contributed by atoms with Gasteiger partial charge >= 0.3 is 6.18 Å². The number of nitrogens with zero attached hydrogens (tertiary/aromatic N) is 1. The molecule has 2 nitrogen and oxygen atoms in total. The van der Waals surface area contributed by atoms with Crippen LogP contribution in [0.1, 0.15) is 19.4 Å². The Morgan fingerprint density at radius 3 is 2.19 bits per heavy atom. The molecule has 16 heavy (non-hydrogen) atoms. The van der Waals surface area contributed by atoms with Crippen LogP contribution in [0.2, 0.25) is 0 Å². The molecule has 0 aliphatic heterocycles. The number of hydrogen-bond donors (Lipinski definition) is 1. The van der Waals surface area contributed by atoms with Gasteiger partial charge in [0.15, 0.2) is 0 Å². The van der Waals surface area contributed by atoms with E-state index in [1.165, 1.54) is 6.07 Å². The Kier molecular flexibility index (Phi) is 3.35. The third kappa shape index (κ3) is 2.59. The van der Waals surface area contributed by atoms with Crippen molar-refractivity contribution < 1.29 is 13.2 Å². The van der Waals surface area contributed by atoms with E-state index in [0.717, 1.165) is 12.1 Å². The summed E-state index contributed by atoms with van der Waals surface area (Å²) in [5.74, 6) is 0. The van der Waals surface area contributed by atoms with Gasteiger partial charge in [0, 0.05) is 13.1 Å². The molecule has 0 heterocycles. The van der Waals surface area contributed by atoms with Crippen molar-refractivity contribution in [2.75, 3.05) is 17.7 Å². The summed E-state index contributed by atoms with van der Waals surface area (Å²) in [6, 6.07) is 3.59. The monoisotopic (exact) mass is 232 g/mol. The van der Waals surface area contributed by atoms with E-state index in [4.69, 9.17) is 5.73 Å². The normalized spacial score (nSPS) is 11.9. The fourth-order valence-electron chi connectivity index (χ4n) is 1.33. The molecule has 0 atom stereocenters. The van der Waals surface area contributed by atoms with Crippen LogP contribution >= 0.6 is 0 Å². The molecule has 0 fully saturated rings. The van der Waals surface area contributed by atoms with Crippen molar-refractivity contribution >= 4 is 11.4 Å². The average molecular weight is 232 g/mol. The highest BCUT2D eigenvalue weighted by molar-refractivity contribution is 5.68. The molecule has 0 aliphatic carbocycles. The van der Waals surface area contributed by atoms with Crippen LogP contribution in [0.3, 0.4) is 0 Å². The summed E-state index contributed by atoms with van der Waals surface area (Å²) in [6.07, 6.45) is -4.34. The van der Waals surface area contributed by atoms with E-state index in [-0.39, 0.29) is 11.7 Å². The second kappa shape index (κ2) is 4.23. The van der Waals surface area contributed by atoms with Crippen molar-refractivity contribution in [1.29, 1.82) is 0 Å². The molecule has 0 radical (unpaired) electrons. The van der Waals surface area contributed by atoms with Gasteiger partial charge in [0.05, 0.1) is 16.9 Å². The van der Waals surface area contributed by atoms with Crippen LogP contribution in [-0.2, 0) is 6.18 Å². The Morgan fingerprint density at radius 1 is 1.25 bits per heavy atom. The minimum absolute atomic E-state index is 0.144. The van der Waals surface area contributed by atoms with E-state index in [9.17, 15) is 13.2 Å². The number of hydrogen-bond acceptors (Lipinski definition) is 2. The van der Waals surface area contributed by atoms with Gasteiger partial charge in [0.1, 0.15) is 0 Å². The van der Waals surface area contributed by atoms with Gasteiger partial charge < -0.3 is 10.6 Å². The van der Waals surface area contributed by atoms with Gasteiger partial charge in [-0.15, -0.1) is 0 Å². The van der Waals surface area contributed by atoms with E-state index >= 15 is 0 Å². The van der Waals surface area contributed by atoms with Gasteiger partial charge in [0.2, 0.25) is 0 Å². The lowest BCUT2D eigenvalue weighted by atomic mass is 10.1. The zero-order chi connectivity index (χ0) is 12.5. The lowest BCUT2D eigenvalue weighted by Crippen LogP contribution is -2.26. The molecule has 0 spiro atoms. The summed E-state index contributed by atoms with van der Waals surface area (Å²) >= 11 is 0. The highest BCUT2D eigenvalue weighted by Gasteiger charge is 2.31. The van der Waals surface area contributed by atoms with Gasteiger partial charge in [-0.3, -0.25) is 0 Å². The SMILES string of the molecule is CC(C)N(C)c1ccc(C(F)(F)F)cc1N. The van der Waals surface area contributed by atoms with Crippen LogP contribution in [0, 0.1) is 0 Å². The predicted molar refractivity (Wildman–Crippen MR) is 59.4 cm³/mol. The van der Waals surface area contributed by atoms with Crippen molar-refractivity contribution in [2.45, 2.75) is 26.1 Å². The quantitative estimate of drug-likeness (QED) is 0.794. The van der Waals surface area contributed by atoms with E-state index in [2.05, 4.69) is 0 Å². The molecule has 0 unspecified atom stereocenters. The first-order valence-corrected chi connectivity index (χ1v) is 4.93. The van der Waals surface area contributed by atoms with Gasteiger partial charge in [-0.2, -0.15) is 13.2 Å². The summed E-state index contributed by atoms with van der Waals surface area (Å²) in [5, 5.41) is 0. The first-order valence-electron chi connectivity index (χ1n) is 4.93. The molecular weight excluding hydrogens is 217 g/mol. The minimum atomic E-state index is -4.34. The van der Waals surface area contributed by atoms with Crippen LogP contribution in [0.4, 0.5) is 24.5 Å². The second-order valence-electron chi connectivity index (χ2n) is 3.98. The lowest BCUT2D eigenvalue weighted by molar-refractivity contribution is -0.137. The second-order valence-corrected chi connectivity index (χ2v) is 3.98. The number of alkyl halides is 3. The fraction of sp³-hybridized carbons (Fsp3) is 0.455. The number of anilines is 2. The molecule has 1 aromatic rings. The smallest absolute Gasteiger partial charge is 0.397 e. The maximum atomic E-state index is 12.4. The number of rotatable bonds is 2. The van der Waals surface area contributed by atoms with Crippen molar-refractivity contribution in [3.63, 3.8) is 0 Å². The van der Waals surface area contributed by atoms with E-state index in [1.54, 1.807) is 7.05 Å². The summed E-state index contributed by atoms with van der Waals surface area (Å²) in [7, 11) is 1.80. The number of nitrogens with two attached hydrogens (primary N) is 1. The molecule has 0 saturated carbocycles. The maximum Gasteiger partial charge on any atom is 0.416 e. The maximum absolute atomic E-state index is 12.4. The molecule has 0 saturated heterocycles. The van der Waals surface area contributed by atoms with E-state index < -0.39 is 11.7 Å². The van der Waals surface area contributed by atoms with E-state index in [0.29, 0.717) is 5.69 Å². The van der Waals surface area contributed by atoms with Gasteiger partial charge in [-0.25, -0.2) is 0 Å². The van der Waals surface area contributed by atoms with Crippen molar-refractivity contribution in [3.8, 4) is 0 Å². The number of halogens is 3. The van der Waals surface area contributed by atoms with Gasteiger partial charge in [-0.1, -0.05) is 0 Å². The summed E-state index contributed by atoms with van der Waals surface area (Å²) in [6.45, 7) is 3.88. The molecular formula is C11H15F3N2. The van der Waals surface area contributed by atoms with Crippen LogP contribution < -0.4 is 10.6 Å². The molecule has 0 aliphatic rings.